The molecule has 1 saturated heterocycles. The Morgan fingerprint density at radius 3 is 2.77 bits per heavy atom. The van der Waals surface area contributed by atoms with Gasteiger partial charge in [-0.1, -0.05) is 13.0 Å². The van der Waals surface area contributed by atoms with Crippen LogP contribution in [-0.2, 0) is 6.54 Å². The molecule has 0 bridgehead atoms. The minimum absolute atomic E-state index is 0.0113. The van der Waals surface area contributed by atoms with Crippen LogP contribution in [0, 0.1) is 24.1 Å². The largest absolute Gasteiger partial charge is 0.334 e. The number of hydrogen-bond acceptors (Lipinski definition) is 5. The molecule has 2 atom stereocenters. The average Bonchev–Trinajstić information content (AvgIpc) is 2.85. The molecule has 1 aromatic heterocycles. The first kappa shape index (κ1) is 24.9. The predicted octanol–water partition coefficient (Wildman–Crippen LogP) is 5.14. The summed E-state index contributed by atoms with van der Waals surface area (Å²) in [6.45, 7) is 6.35. The van der Waals surface area contributed by atoms with E-state index in [-0.39, 0.29) is 30.1 Å². The van der Waals surface area contributed by atoms with Crippen LogP contribution < -0.4 is 5.32 Å². The first-order chi connectivity index (χ1) is 16.9. The molecule has 1 aromatic carbocycles. The van der Waals surface area contributed by atoms with E-state index in [1.807, 2.05) is 24.0 Å². The van der Waals surface area contributed by atoms with Crippen molar-refractivity contribution in [2.45, 2.75) is 51.6 Å². The lowest BCUT2D eigenvalue weighted by atomic mass is 9.89. The van der Waals surface area contributed by atoms with E-state index in [0.29, 0.717) is 26.1 Å². The van der Waals surface area contributed by atoms with Crippen LogP contribution >= 0.6 is 0 Å². The summed E-state index contributed by atoms with van der Waals surface area (Å²) in [6, 6.07) is 7.64. The van der Waals surface area contributed by atoms with Gasteiger partial charge in [0.05, 0.1) is 5.70 Å². The lowest BCUT2D eigenvalue weighted by Crippen LogP contribution is -2.52. The second-order valence-corrected chi connectivity index (χ2v) is 9.43. The Morgan fingerprint density at radius 2 is 2.06 bits per heavy atom. The van der Waals surface area contributed by atoms with Crippen molar-refractivity contribution in [1.29, 1.82) is 5.53 Å². The van der Waals surface area contributed by atoms with Gasteiger partial charge in [0.15, 0.2) is 0 Å². The van der Waals surface area contributed by atoms with Crippen molar-refractivity contribution in [2.24, 2.45) is 5.11 Å². The molecule has 0 spiro atoms. The Kier molecular flexibility index (Phi) is 7.85. The summed E-state index contributed by atoms with van der Waals surface area (Å²) >= 11 is 0. The van der Waals surface area contributed by atoms with Crippen molar-refractivity contribution in [3.05, 3.63) is 76.3 Å². The normalized spacial score (nSPS) is 20.0. The minimum atomic E-state index is -0.544. The molecule has 0 aliphatic carbocycles. The van der Waals surface area contributed by atoms with Crippen molar-refractivity contribution in [2.75, 3.05) is 26.2 Å². The molecule has 2 aliphatic heterocycles. The van der Waals surface area contributed by atoms with E-state index in [4.69, 9.17) is 5.53 Å². The fourth-order valence-electron chi connectivity index (χ4n) is 4.99. The Morgan fingerprint density at radius 1 is 1.29 bits per heavy atom. The van der Waals surface area contributed by atoms with Gasteiger partial charge in [0.1, 0.15) is 11.6 Å². The molecule has 3 heterocycles. The Labute approximate surface area is 204 Å². The van der Waals surface area contributed by atoms with E-state index in [9.17, 15) is 13.6 Å². The Bertz CT molecular complexity index is 1100. The highest BCUT2D eigenvalue weighted by Gasteiger charge is 2.29. The summed E-state index contributed by atoms with van der Waals surface area (Å²) < 4.78 is 28.2. The Hall–Kier alpha value is -3.20. The number of benzene rings is 1. The van der Waals surface area contributed by atoms with E-state index in [1.165, 1.54) is 18.2 Å². The van der Waals surface area contributed by atoms with Crippen LogP contribution in [0.4, 0.5) is 13.6 Å². The third-order valence-electron chi connectivity index (χ3n) is 6.99. The molecule has 35 heavy (non-hydrogen) atoms. The van der Waals surface area contributed by atoms with Crippen molar-refractivity contribution in [3.63, 3.8) is 0 Å². The number of piperidine rings is 1. The first-order valence-corrected chi connectivity index (χ1v) is 12.1. The third kappa shape index (κ3) is 5.90. The number of likely N-dealkylation sites (tertiary alicyclic amines) is 1. The molecule has 0 saturated carbocycles. The second kappa shape index (κ2) is 11.0. The number of aromatic nitrogens is 1. The van der Waals surface area contributed by atoms with Crippen LogP contribution in [0.3, 0.4) is 0 Å². The number of carbonyl (C=O) groups excluding carboxylic acids is 1. The van der Waals surface area contributed by atoms with Crippen LogP contribution in [0.25, 0.3) is 0 Å². The number of urea groups is 1. The van der Waals surface area contributed by atoms with Gasteiger partial charge in [0.25, 0.3) is 0 Å². The molecule has 4 rings (SSSR count). The van der Waals surface area contributed by atoms with Gasteiger partial charge in [-0.3, -0.25) is 9.88 Å². The van der Waals surface area contributed by atoms with Crippen LogP contribution in [-0.4, -0.2) is 53.0 Å². The highest BCUT2D eigenvalue weighted by atomic mass is 19.1. The van der Waals surface area contributed by atoms with E-state index >= 15 is 0 Å². The molecule has 1 fully saturated rings. The third-order valence-corrected chi connectivity index (χ3v) is 6.99. The van der Waals surface area contributed by atoms with Gasteiger partial charge in [0, 0.05) is 62.0 Å². The van der Waals surface area contributed by atoms with Gasteiger partial charge in [0.2, 0.25) is 0 Å². The lowest BCUT2D eigenvalue weighted by molar-refractivity contribution is 0.162. The predicted molar refractivity (Wildman–Crippen MR) is 129 cm³/mol. The maximum Gasteiger partial charge on any atom is 0.317 e. The fraction of sp³-hybridized carbons (Fsp3) is 0.462. The zero-order valence-corrected chi connectivity index (χ0v) is 20.2. The maximum absolute atomic E-state index is 14.1. The van der Waals surface area contributed by atoms with Crippen molar-refractivity contribution in [1.82, 2.24) is 20.1 Å². The minimum Gasteiger partial charge on any atom is -0.334 e. The number of nitrogens with one attached hydrogen (secondary N) is 2. The molecule has 7 nitrogen and oxygen atoms in total. The summed E-state index contributed by atoms with van der Waals surface area (Å²) in [7, 11) is 0. The van der Waals surface area contributed by atoms with Gasteiger partial charge in [-0.15, -0.1) is 0 Å². The molecular weight excluding hydrogens is 450 g/mol. The van der Waals surface area contributed by atoms with Crippen molar-refractivity contribution < 1.29 is 13.6 Å². The molecule has 2 unspecified atom stereocenters. The van der Waals surface area contributed by atoms with Crippen molar-refractivity contribution >= 4 is 6.03 Å². The highest BCUT2D eigenvalue weighted by molar-refractivity contribution is 5.75. The van der Waals surface area contributed by atoms with Gasteiger partial charge in [-0.2, -0.15) is 5.11 Å². The number of pyridine rings is 1. The average molecular weight is 483 g/mol. The van der Waals surface area contributed by atoms with E-state index in [2.05, 4.69) is 22.3 Å². The van der Waals surface area contributed by atoms with Crippen molar-refractivity contribution in [3.8, 4) is 0 Å². The summed E-state index contributed by atoms with van der Waals surface area (Å²) in [4.78, 5) is 21.2. The summed E-state index contributed by atoms with van der Waals surface area (Å²) in [6.07, 6.45) is 3.96. The lowest BCUT2D eigenvalue weighted by Gasteiger charge is -2.36. The number of amides is 2. The zero-order chi connectivity index (χ0) is 24.9. The molecule has 2 aliphatic rings. The fourth-order valence-corrected chi connectivity index (χ4v) is 4.99. The molecular formula is C26H32F2N6O. The molecule has 2 N–H and O–H groups in total. The standard InChI is InChI=1S/C26H32F2N6O/c1-17-13-19(8-10-30-17)18(2)21-16-34(12-9-25(21)32-29)26(35)31-20-5-4-11-33(14-20)15-22-23(27)6-3-7-24(22)28/h3,6-8,10,13,18,20,29H,4-5,9,11-12,14-16H2,1-2H3,(H,31,35). The van der Waals surface area contributed by atoms with E-state index < -0.39 is 11.6 Å². The molecule has 9 heteroatoms. The zero-order valence-electron chi connectivity index (χ0n) is 20.2. The monoisotopic (exact) mass is 482 g/mol. The number of nitrogens with zero attached hydrogens (tertiary/aromatic N) is 4. The number of rotatable bonds is 6. The van der Waals surface area contributed by atoms with Crippen LogP contribution in [0.15, 0.2) is 52.9 Å². The molecule has 2 aromatic rings. The Balaban J connectivity index is 1.39. The van der Waals surface area contributed by atoms with Gasteiger partial charge in [-0.25, -0.2) is 19.1 Å². The highest BCUT2D eigenvalue weighted by Crippen LogP contribution is 2.32. The number of aryl methyl sites for hydroxylation is 1. The molecule has 2 amide bonds. The first-order valence-electron chi connectivity index (χ1n) is 12.1. The smallest absolute Gasteiger partial charge is 0.317 e. The van der Waals surface area contributed by atoms with Crippen LogP contribution in [0.5, 0.6) is 0 Å². The van der Waals surface area contributed by atoms with E-state index in [1.54, 1.807) is 11.1 Å². The quantitative estimate of drug-likeness (QED) is 0.560. The number of hydrogen-bond donors (Lipinski definition) is 2. The van der Waals surface area contributed by atoms with Gasteiger partial charge in [-0.05, 0) is 61.7 Å². The van der Waals surface area contributed by atoms with Gasteiger partial charge < -0.3 is 10.2 Å². The van der Waals surface area contributed by atoms with Crippen LogP contribution in [0.2, 0.25) is 0 Å². The van der Waals surface area contributed by atoms with Crippen LogP contribution in [0.1, 0.15) is 48.9 Å². The summed E-state index contributed by atoms with van der Waals surface area (Å²) in [5.74, 6) is -1.08. The topological polar surface area (TPSA) is 84.7 Å². The maximum atomic E-state index is 14.1. The SMILES string of the molecule is Cc1cc(C(C)C2=C(N=N)CCN(C(=O)NC3CCCN(Cc4c(F)cccc4F)C3)C2)ccn1. The van der Waals surface area contributed by atoms with Gasteiger partial charge >= 0.3 is 6.03 Å². The second-order valence-electron chi connectivity index (χ2n) is 9.43. The van der Waals surface area contributed by atoms with E-state index in [0.717, 1.165) is 41.9 Å². The summed E-state index contributed by atoms with van der Waals surface area (Å²) in [5.41, 5.74) is 11.4. The number of halogens is 2. The molecule has 0 radical (unpaired) electrons. The number of carbonyl (C=O) groups is 1. The summed E-state index contributed by atoms with van der Waals surface area (Å²) in [5, 5.41) is 6.88. The molecule has 186 valence electrons.